The lowest BCUT2D eigenvalue weighted by atomic mass is 10.2. The van der Waals surface area contributed by atoms with Gasteiger partial charge in [-0.3, -0.25) is 14.9 Å². The normalized spacial score (nSPS) is 20.9. The zero-order valence-electron chi connectivity index (χ0n) is 12.7. The zero-order chi connectivity index (χ0) is 16.4. The van der Waals surface area contributed by atoms with E-state index in [0.717, 1.165) is 36.9 Å². The van der Waals surface area contributed by atoms with Gasteiger partial charge in [-0.2, -0.15) is 4.99 Å². The van der Waals surface area contributed by atoms with E-state index in [9.17, 15) is 14.9 Å². The first kappa shape index (κ1) is 15.7. The highest BCUT2D eigenvalue weighted by Crippen LogP contribution is 2.30. The minimum atomic E-state index is -0.441. The molecule has 7 nitrogen and oxygen atoms in total. The fraction of sp³-hybridized carbons (Fsp3) is 0.333. The Kier molecular flexibility index (Phi) is 4.44. The molecule has 0 unspecified atom stereocenters. The van der Waals surface area contributed by atoms with Crippen molar-refractivity contribution in [3.05, 3.63) is 44.8 Å². The second-order valence-electron chi connectivity index (χ2n) is 5.60. The molecule has 2 aliphatic heterocycles. The van der Waals surface area contributed by atoms with Crippen LogP contribution >= 0.6 is 11.8 Å². The quantitative estimate of drug-likeness (QED) is 0.481. The molecular weight excluding hydrogens is 316 g/mol. The molecule has 23 heavy (non-hydrogen) atoms. The lowest BCUT2D eigenvalue weighted by Gasteiger charge is -2.30. The van der Waals surface area contributed by atoms with E-state index in [1.165, 1.54) is 28.8 Å². The van der Waals surface area contributed by atoms with Crippen LogP contribution in [-0.2, 0) is 4.79 Å². The molecule has 0 saturated carbocycles. The SMILES string of the molecule is C[NH+]1CCN(C2=NC(=O)/C(=C/c3ccc([N+](=O)[O-])cc3)S2)CC1. The molecule has 1 aromatic rings. The number of carbonyl (C=O) groups is 1. The minimum absolute atomic E-state index is 0.0365. The van der Waals surface area contributed by atoms with Crippen molar-refractivity contribution in [2.75, 3.05) is 33.2 Å². The number of hydrogen-bond acceptors (Lipinski definition) is 5. The van der Waals surface area contributed by atoms with Crippen LogP contribution in [0.3, 0.4) is 0 Å². The highest BCUT2D eigenvalue weighted by atomic mass is 32.2. The number of nitrogens with zero attached hydrogens (tertiary/aromatic N) is 3. The Morgan fingerprint density at radius 1 is 1.30 bits per heavy atom. The van der Waals surface area contributed by atoms with Gasteiger partial charge < -0.3 is 9.80 Å². The molecule has 0 atom stereocenters. The number of thioether (sulfide) groups is 1. The van der Waals surface area contributed by atoms with Gasteiger partial charge in [-0.25, -0.2) is 0 Å². The maximum absolute atomic E-state index is 12.1. The molecule has 0 bridgehead atoms. The molecule has 1 saturated heterocycles. The van der Waals surface area contributed by atoms with E-state index in [4.69, 9.17) is 0 Å². The third-order valence-corrected chi connectivity index (χ3v) is 4.94. The maximum Gasteiger partial charge on any atom is 0.286 e. The lowest BCUT2D eigenvalue weighted by molar-refractivity contribution is -0.883. The Morgan fingerprint density at radius 3 is 2.57 bits per heavy atom. The third-order valence-electron chi connectivity index (χ3n) is 3.90. The molecule has 0 spiro atoms. The fourth-order valence-corrected chi connectivity index (χ4v) is 3.42. The summed E-state index contributed by atoms with van der Waals surface area (Å²) in [6, 6.07) is 6.13. The molecule has 8 heteroatoms. The van der Waals surface area contributed by atoms with E-state index < -0.39 is 4.92 Å². The summed E-state index contributed by atoms with van der Waals surface area (Å²) in [6.07, 6.45) is 1.73. The topological polar surface area (TPSA) is 80.2 Å². The van der Waals surface area contributed by atoms with Crippen molar-refractivity contribution < 1.29 is 14.6 Å². The fourth-order valence-electron chi connectivity index (χ4n) is 2.46. The lowest BCUT2D eigenvalue weighted by Crippen LogP contribution is -3.12. The predicted octanol–water partition coefficient (Wildman–Crippen LogP) is 0.395. The standard InChI is InChI=1S/C15H16N4O3S/c1-17-6-8-18(9-7-17)15-16-14(20)13(23-15)10-11-2-4-12(5-3-11)19(21)22/h2-5,10H,6-9H2,1H3/p+1/b13-10-. The smallest absolute Gasteiger partial charge is 0.286 e. The number of benzene rings is 1. The maximum atomic E-state index is 12.1. The number of carbonyl (C=O) groups excluding carboxylic acids is 1. The number of nitro groups is 1. The van der Waals surface area contributed by atoms with Gasteiger partial charge in [0.1, 0.15) is 0 Å². The second kappa shape index (κ2) is 6.51. The number of amidine groups is 1. The Bertz CT molecular complexity index is 691. The Labute approximate surface area is 137 Å². The number of quaternary nitrogens is 1. The average Bonchev–Trinajstić information content (AvgIpc) is 2.89. The van der Waals surface area contributed by atoms with Gasteiger partial charge in [0.15, 0.2) is 5.17 Å². The highest BCUT2D eigenvalue weighted by molar-refractivity contribution is 8.18. The molecular formula is C15H17N4O3S+. The molecule has 1 amide bonds. The van der Waals surface area contributed by atoms with Crippen LogP contribution in [0.2, 0.25) is 0 Å². The molecule has 120 valence electrons. The van der Waals surface area contributed by atoms with Gasteiger partial charge in [0.2, 0.25) is 0 Å². The number of nitro benzene ring substituents is 1. The van der Waals surface area contributed by atoms with Crippen molar-refractivity contribution in [1.82, 2.24) is 4.90 Å². The number of rotatable bonds is 2. The number of nitrogens with one attached hydrogen (secondary N) is 1. The number of non-ortho nitro benzene ring substituents is 1. The predicted molar refractivity (Wildman–Crippen MR) is 89.3 cm³/mol. The first-order valence-electron chi connectivity index (χ1n) is 7.36. The summed E-state index contributed by atoms with van der Waals surface area (Å²) in [5, 5.41) is 11.4. The molecule has 3 rings (SSSR count). The number of amides is 1. The summed E-state index contributed by atoms with van der Waals surface area (Å²) in [5.41, 5.74) is 0.792. The van der Waals surface area contributed by atoms with Crippen LogP contribution in [0.25, 0.3) is 6.08 Å². The van der Waals surface area contributed by atoms with Crippen LogP contribution in [-0.4, -0.2) is 54.1 Å². The molecule has 0 radical (unpaired) electrons. The van der Waals surface area contributed by atoms with Crippen molar-refractivity contribution in [3.8, 4) is 0 Å². The first-order chi connectivity index (χ1) is 11.0. The van der Waals surface area contributed by atoms with Crippen LogP contribution in [0.15, 0.2) is 34.2 Å². The van der Waals surface area contributed by atoms with E-state index in [1.807, 2.05) is 0 Å². The molecule has 1 N–H and O–H groups in total. The van der Waals surface area contributed by atoms with Crippen molar-refractivity contribution in [2.45, 2.75) is 0 Å². The van der Waals surface area contributed by atoms with E-state index in [2.05, 4.69) is 16.9 Å². The van der Waals surface area contributed by atoms with Crippen LogP contribution in [0.5, 0.6) is 0 Å². The van der Waals surface area contributed by atoms with Gasteiger partial charge in [0.05, 0.1) is 43.1 Å². The molecule has 0 aliphatic carbocycles. The minimum Gasteiger partial charge on any atom is -0.339 e. The van der Waals surface area contributed by atoms with Crippen LogP contribution in [0.4, 0.5) is 5.69 Å². The Hall–Kier alpha value is -2.19. The second-order valence-corrected chi connectivity index (χ2v) is 6.61. The molecule has 1 fully saturated rings. The summed E-state index contributed by atoms with van der Waals surface area (Å²) < 4.78 is 0. The summed E-state index contributed by atoms with van der Waals surface area (Å²) in [7, 11) is 2.16. The summed E-state index contributed by atoms with van der Waals surface area (Å²) in [6.45, 7) is 3.87. The van der Waals surface area contributed by atoms with Crippen molar-refractivity contribution in [3.63, 3.8) is 0 Å². The van der Waals surface area contributed by atoms with Crippen molar-refractivity contribution in [1.29, 1.82) is 0 Å². The average molecular weight is 333 g/mol. The van der Waals surface area contributed by atoms with E-state index in [0.29, 0.717) is 4.91 Å². The van der Waals surface area contributed by atoms with Gasteiger partial charge in [-0.1, -0.05) is 0 Å². The van der Waals surface area contributed by atoms with Gasteiger partial charge in [0.25, 0.3) is 11.6 Å². The number of piperazine rings is 1. The van der Waals surface area contributed by atoms with E-state index >= 15 is 0 Å². The van der Waals surface area contributed by atoms with E-state index in [-0.39, 0.29) is 11.6 Å². The van der Waals surface area contributed by atoms with Crippen LogP contribution in [0, 0.1) is 10.1 Å². The number of hydrogen-bond donors (Lipinski definition) is 1. The van der Waals surface area contributed by atoms with Crippen molar-refractivity contribution in [2.24, 2.45) is 4.99 Å². The van der Waals surface area contributed by atoms with Gasteiger partial charge in [-0.15, -0.1) is 0 Å². The summed E-state index contributed by atoms with van der Waals surface area (Å²) >= 11 is 1.38. The monoisotopic (exact) mass is 333 g/mol. The number of aliphatic imine (C=N–C) groups is 1. The third kappa shape index (κ3) is 3.59. The largest absolute Gasteiger partial charge is 0.339 e. The molecule has 2 heterocycles. The van der Waals surface area contributed by atoms with Gasteiger partial charge in [0, 0.05) is 12.1 Å². The first-order valence-corrected chi connectivity index (χ1v) is 8.18. The zero-order valence-corrected chi connectivity index (χ0v) is 13.5. The van der Waals surface area contributed by atoms with Crippen LogP contribution in [0.1, 0.15) is 5.56 Å². The van der Waals surface area contributed by atoms with Gasteiger partial charge >= 0.3 is 0 Å². The Morgan fingerprint density at radius 2 is 1.96 bits per heavy atom. The van der Waals surface area contributed by atoms with Crippen molar-refractivity contribution >= 4 is 34.6 Å². The summed E-state index contributed by atoms with van der Waals surface area (Å²) in [4.78, 5) is 30.6. The van der Waals surface area contributed by atoms with Gasteiger partial charge in [-0.05, 0) is 35.5 Å². The van der Waals surface area contributed by atoms with E-state index in [1.54, 1.807) is 18.2 Å². The van der Waals surface area contributed by atoms with Crippen LogP contribution < -0.4 is 4.90 Å². The Balaban J connectivity index is 1.70. The highest BCUT2D eigenvalue weighted by Gasteiger charge is 2.28. The molecule has 1 aromatic carbocycles. The number of likely N-dealkylation sites (N-methyl/N-ethyl adjacent to an activating group) is 1. The molecule has 2 aliphatic rings. The molecule has 0 aromatic heterocycles. The summed E-state index contributed by atoms with van der Waals surface area (Å²) in [5.74, 6) is -0.241.